The molecule has 114 valence electrons. The van der Waals surface area contributed by atoms with Gasteiger partial charge in [0.05, 0.1) is 19.6 Å². The number of rotatable bonds is 5. The minimum atomic E-state index is -0.167. The van der Waals surface area contributed by atoms with Crippen LogP contribution in [0.2, 0.25) is 0 Å². The van der Waals surface area contributed by atoms with Crippen molar-refractivity contribution in [1.82, 2.24) is 10.2 Å². The maximum Gasteiger partial charge on any atom is 0.311 e. The van der Waals surface area contributed by atoms with Gasteiger partial charge in [-0.2, -0.15) is 0 Å². The molecule has 0 radical (unpaired) electrons. The van der Waals surface area contributed by atoms with Crippen LogP contribution in [0, 0.1) is 17.8 Å². The van der Waals surface area contributed by atoms with Crippen LogP contribution in [0.3, 0.4) is 0 Å². The maximum atomic E-state index is 12.1. The van der Waals surface area contributed by atoms with Crippen molar-refractivity contribution in [2.45, 2.75) is 45.2 Å². The van der Waals surface area contributed by atoms with Gasteiger partial charge in [-0.05, 0) is 52.0 Å². The van der Waals surface area contributed by atoms with E-state index in [-0.39, 0.29) is 23.8 Å². The maximum absolute atomic E-state index is 12.1. The Kier molecular flexibility index (Phi) is 4.68. The Bertz CT molecular complexity index is 383. The Hall–Kier alpha value is -1.10. The number of amides is 1. The second-order valence-electron chi connectivity index (χ2n) is 6.48. The van der Waals surface area contributed by atoms with Gasteiger partial charge in [0, 0.05) is 12.1 Å². The smallest absolute Gasteiger partial charge is 0.311 e. The quantitative estimate of drug-likeness (QED) is 0.765. The second-order valence-corrected chi connectivity index (χ2v) is 6.48. The number of hydrogen-bond acceptors (Lipinski definition) is 4. The topological polar surface area (TPSA) is 58.6 Å². The minimum Gasteiger partial charge on any atom is -0.469 e. The van der Waals surface area contributed by atoms with Crippen molar-refractivity contribution in [1.29, 1.82) is 0 Å². The van der Waals surface area contributed by atoms with Gasteiger partial charge in [-0.3, -0.25) is 14.5 Å². The normalized spacial score (nSPS) is 31.9. The van der Waals surface area contributed by atoms with Crippen LogP contribution in [-0.4, -0.2) is 49.6 Å². The third kappa shape index (κ3) is 2.97. The molecule has 5 heteroatoms. The Balaban J connectivity index is 1.96. The average molecular weight is 282 g/mol. The lowest BCUT2D eigenvalue weighted by Gasteiger charge is -2.30. The number of fused-ring (bicyclic) bond motifs is 2. The number of hydrogen-bond donors (Lipinski definition) is 1. The van der Waals surface area contributed by atoms with Crippen molar-refractivity contribution in [3.05, 3.63) is 0 Å². The fourth-order valence-corrected chi connectivity index (χ4v) is 3.61. The summed E-state index contributed by atoms with van der Waals surface area (Å²) in [5, 5.41) is 3.08. The van der Waals surface area contributed by atoms with Crippen molar-refractivity contribution in [3.8, 4) is 0 Å². The molecule has 5 nitrogen and oxygen atoms in total. The molecule has 1 amide bonds. The number of nitrogens with one attached hydrogen (secondary N) is 1. The SMILES string of the molecule is COC(=O)[C@H]1[C@H]2CC[C@@H](C2)[C@@H]1NC(=O)CN(C)C(C)C. The molecule has 0 aromatic rings. The van der Waals surface area contributed by atoms with Crippen LogP contribution in [-0.2, 0) is 14.3 Å². The molecule has 0 saturated heterocycles. The van der Waals surface area contributed by atoms with Crippen LogP contribution in [0.15, 0.2) is 0 Å². The molecule has 2 rings (SSSR count). The van der Waals surface area contributed by atoms with E-state index in [1.807, 2.05) is 11.9 Å². The Morgan fingerprint density at radius 3 is 2.55 bits per heavy atom. The van der Waals surface area contributed by atoms with E-state index >= 15 is 0 Å². The van der Waals surface area contributed by atoms with Crippen LogP contribution in [0.25, 0.3) is 0 Å². The van der Waals surface area contributed by atoms with Gasteiger partial charge in [0.15, 0.2) is 0 Å². The van der Waals surface area contributed by atoms with E-state index in [1.54, 1.807) is 0 Å². The van der Waals surface area contributed by atoms with Crippen molar-refractivity contribution >= 4 is 11.9 Å². The molecule has 2 fully saturated rings. The first kappa shape index (κ1) is 15.3. The van der Waals surface area contributed by atoms with E-state index in [0.717, 1.165) is 19.3 Å². The number of esters is 1. The molecule has 0 aliphatic heterocycles. The van der Waals surface area contributed by atoms with Crippen LogP contribution in [0.4, 0.5) is 0 Å². The van der Waals surface area contributed by atoms with Crippen LogP contribution in [0.1, 0.15) is 33.1 Å². The van der Waals surface area contributed by atoms with Gasteiger partial charge >= 0.3 is 5.97 Å². The molecule has 0 unspecified atom stereocenters. The minimum absolute atomic E-state index is 0.00709. The fourth-order valence-electron chi connectivity index (χ4n) is 3.61. The third-order valence-electron chi connectivity index (χ3n) is 4.99. The molecule has 0 aromatic carbocycles. The van der Waals surface area contributed by atoms with E-state index in [9.17, 15) is 9.59 Å². The van der Waals surface area contributed by atoms with Gasteiger partial charge in [-0.25, -0.2) is 0 Å². The summed E-state index contributed by atoms with van der Waals surface area (Å²) in [6.45, 7) is 4.49. The summed E-state index contributed by atoms with van der Waals surface area (Å²) < 4.78 is 4.92. The summed E-state index contributed by atoms with van der Waals surface area (Å²) in [7, 11) is 3.36. The van der Waals surface area contributed by atoms with Crippen LogP contribution in [0.5, 0.6) is 0 Å². The van der Waals surface area contributed by atoms with E-state index in [1.165, 1.54) is 7.11 Å². The zero-order valence-corrected chi connectivity index (χ0v) is 12.9. The Labute approximate surface area is 121 Å². The van der Waals surface area contributed by atoms with E-state index in [2.05, 4.69) is 19.2 Å². The molecule has 2 aliphatic rings. The summed E-state index contributed by atoms with van der Waals surface area (Å²) in [5.74, 6) is 0.525. The molecule has 0 aromatic heterocycles. The largest absolute Gasteiger partial charge is 0.469 e. The van der Waals surface area contributed by atoms with Crippen molar-refractivity contribution in [3.63, 3.8) is 0 Å². The first-order chi connectivity index (χ1) is 9.43. The highest BCUT2D eigenvalue weighted by Gasteiger charge is 2.51. The van der Waals surface area contributed by atoms with Crippen LogP contribution >= 0.6 is 0 Å². The zero-order valence-electron chi connectivity index (χ0n) is 12.9. The molecule has 1 N–H and O–H groups in total. The molecule has 0 heterocycles. The molecule has 2 bridgehead atoms. The number of nitrogens with zero attached hydrogens (tertiary/aromatic N) is 1. The zero-order chi connectivity index (χ0) is 14.9. The second kappa shape index (κ2) is 6.12. The van der Waals surface area contributed by atoms with Crippen LogP contribution < -0.4 is 5.32 Å². The molecule has 2 aliphatic carbocycles. The first-order valence-corrected chi connectivity index (χ1v) is 7.51. The predicted octanol–water partition coefficient (Wildman–Crippen LogP) is 1.03. The van der Waals surface area contributed by atoms with Gasteiger partial charge in [0.2, 0.25) is 5.91 Å². The molecular formula is C15H26N2O3. The third-order valence-corrected chi connectivity index (χ3v) is 4.99. The summed E-state index contributed by atoms with van der Waals surface area (Å²) in [6, 6.07) is 0.298. The molecule has 4 atom stereocenters. The van der Waals surface area contributed by atoms with E-state index < -0.39 is 0 Å². The number of ether oxygens (including phenoxy) is 1. The summed E-state index contributed by atoms with van der Waals surface area (Å²) in [4.78, 5) is 26.1. The molecule has 20 heavy (non-hydrogen) atoms. The highest BCUT2D eigenvalue weighted by Crippen LogP contribution is 2.48. The highest BCUT2D eigenvalue weighted by molar-refractivity contribution is 5.80. The lowest BCUT2D eigenvalue weighted by molar-refractivity contribution is -0.148. The highest BCUT2D eigenvalue weighted by atomic mass is 16.5. The van der Waals surface area contributed by atoms with Gasteiger partial charge in [0.25, 0.3) is 0 Å². The Morgan fingerprint density at radius 1 is 1.30 bits per heavy atom. The standard InChI is InChI=1S/C15H26N2O3/c1-9(2)17(3)8-12(18)16-14-11-6-5-10(7-11)13(14)15(19)20-4/h9-11,13-14H,5-8H2,1-4H3,(H,16,18)/t10-,11-,13-,14-/m0/s1. The van der Waals surface area contributed by atoms with Gasteiger partial charge in [0.1, 0.15) is 0 Å². The van der Waals surface area contributed by atoms with Gasteiger partial charge in [-0.15, -0.1) is 0 Å². The number of likely N-dealkylation sites (N-methyl/N-ethyl adjacent to an activating group) is 1. The molecule has 0 spiro atoms. The number of methoxy groups -OCH3 is 1. The summed E-state index contributed by atoms with van der Waals surface area (Å²) in [6.07, 6.45) is 3.25. The summed E-state index contributed by atoms with van der Waals surface area (Å²) in [5.41, 5.74) is 0. The van der Waals surface area contributed by atoms with Gasteiger partial charge in [-0.1, -0.05) is 0 Å². The van der Waals surface area contributed by atoms with Gasteiger partial charge < -0.3 is 10.1 Å². The van der Waals surface area contributed by atoms with Crippen molar-refractivity contribution in [2.75, 3.05) is 20.7 Å². The van der Waals surface area contributed by atoms with Crippen molar-refractivity contribution < 1.29 is 14.3 Å². The Morgan fingerprint density at radius 2 is 1.95 bits per heavy atom. The monoisotopic (exact) mass is 282 g/mol. The van der Waals surface area contributed by atoms with Crippen molar-refractivity contribution in [2.24, 2.45) is 17.8 Å². The average Bonchev–Trinajstić information content (AvgIpc) is 2.98. The number of carbonyl (C=O) groups is 2. The number of carbonyl (C=O) groups excluding carboxylic acids is 2. The van der Waals surface area contributed by atoms with E-state index in [4.69, 9.17) is 4.74 Å². The first-order valence-electron chi connectivity index (χ1n) is 7.51. The van der Waals surface area contributed by atoms with E-state index in [0.29, 0.717) is 24.4 Å². The molecular weight excluding hydrogens is 256 g/mol. The molecule has 2 saturated carbocycles. The predicted molar refractivity (Wildman–Crippen MR) is 76.0 cm³/mol. The lowest BCUT2D eigenvalue weighted by Crippen LogP contribution is -2.50. The summed E-state index contributed by atoms with van der Waals surface area (Å²) >= 11 is 0. The fraction of sp³-hybridized carbons (Fsp3) is 0.867. The lowest BCUT2D eigenvalue weighted by atomic mass is 9.84.